The predicted molar refractivity (Wildman–Crippen MR) is 71.3 cm³/mol. The lowest BCUT2D eigenvalue weighted by atomic mass is 9.74. The largest absolute Gasteiger partial charge is 0.493 e. The van der Waals surface area contributed by atoms with E-state index < -0.39 is 17.7 Å². The lowest BCUT2D eigenvalue weighted by Crippen LogP contribution is -2.55. The molecule has 3 unspecified atom stereocenters. The van der Waals surface area contributed by atoms with Crippen LogP contribution in [0.1, 0.15) is 24.8 Å². The van der Waals surface area contributed by atoms with Crippen molar-refractivity contribution in [1.29, 1.82) is 0 Å². The van der Waals surface area contributed by atoms with Gasteiger partial charge in [0.2, 0.25) is 0 Å². The number of hydrogen-bond acceptors (Lipinski definition) is 5. The van der Waals surface area contributed by atoms with E-state index in [2.05, 4.69) is 0 Å². The van der Waals surface area contributed by atoms with Gasteiger partial charge in [-0.3, -0.25) is 0 Å². The number of ether oxygens (including phenoxy) is 2. The molecule has 1 fully saturated rings. The van der Waals surface area contributed by atoms with Crippen LogP contribution in [0.25, 0.3) is 0 Å². The van der Waals surface area contributed by atoms with Crippen LogP contribution in [0.2, 0.25) is 0 Å². The third-order valence-electron chi connectivity index (χ3n) is 3.90. The van der Waals surface area contributed by atoms with Gasteiger partial charge in [-0.2, -0.15) is 0 Å². The Morgan fingerprint density at radius 1 is 1.21 bits per heavy atom. The minimum absolute atomic E-state index is 0.567. The third-order valence-corrected chi connectivity index (χ3v) is 3.90. The highest BCUT2D eigenvalue weighted by molar-refractivity contribution is 5.45. The molecule has 0 aliphatic heterocycles. The maximum absolute atomic E-state index is 10.2. The zero-order valence-electron chi connectivity index (χ0n) is 11.3. The Balaban J connectivity index is 2.39. The van der Waals surface area contributed by atoms with E-state index in [1.807, 2.05) is 6.07 Å². The molecule has 2 rings (SSSR count). The van der Waals surface area contributed by atoms with Gasteiger partial charge in [0.1, 0.15) is 6.10 Å². The Labute approximate surface area is 113 Å². The van der Waals surface area contributed by atoms with E-state index in [-0.39, 0.29) is 0 Å². The van der Waals surface area contributed by atoms with Gasteiger partial charge < -0.3 is 25.4 Å². The minimum atomic E-state index is -0.973. The summed E-state index contributed by atoms with van der Waals surface area (Å²) in [7, 11) is 3.12. The lowest BCUT2D eigenvalue weighted by Gasteiger charge is -2.41. The normalized spacial score (nSPS) is 31.0. The quantitative estimate of drug-likeness (QED) is 0.753. The molecule has 0 aromatic heterocycles. The van der Waals surface area contributed by atoms with Crippen molar-refractivity contribution < 1.29 is 19.7 Å². The number of aliphatic hydroxyl groups excluding tert-OH is 2. The molecule has 0 amide bonds. The second-order valence-electron chi connectivity index (χ2n) is 5.01. The molecule has 1 aliphatic carbocycles. The van der Waals surface area contributed by atoms with Crippen LogP contribution in [0.4, 0.5) is 0 Å². The van der Waals surface area contributed by atoms with Crippen molar-refractivity contribution in [2.75, 3.05) is 14.2 Å². The van der Waals surface area contributed by atoms with Crippen LogP contribution in [0.15, 0.2) is 18.2 Å². The molecule has 4 N–H and O–H groups in total. The fourth-order valence-electron chi connectivity index (χ4n) is 2.69. The molecule has 106 valence electrons. The van der Waals surface area contributed by atoms with Gasteiger partial charge in [-0.15, -0.1) is 0 Å². The Kier molecular flexibility index (Phi) is 3.99. The first-order valence-electron chi connectivity index (χ1n) is 6.40. The molecule has 5 nitrogen and oxygen atoms in total. The molecule has 0 bridgehead atoms. The van der Waals surface area contributed by atoms with Crippen molar-refractivity contribution in [3.63, 3.8) is 0 Å². The first-order valence-corrected chi connectivity index (χ1v) is 6.40. The topological polar surface area (TPSA) is 84.9 Å². The third kappa shape index (κ3) is 2.41. The number of aliphatic hydroxyl groups is 2. The molecule has 3 atom stereocenters. The fourth-order valence-corrected chi connectivity index (χ4v) is 2.69. The highest BCUT2D eigenvalue weighted by Crippen LogP contribution is 2.38. The maximum Gasteiger partial charge on any atom is 0.161 e. The summed E-state index contributed by atoms with van der Waals surface area (Å²) in [5, 5.41) is 20.0. The number of methoxy groups -OCH3 is 2. The van der Waals surface area contributed by atoms with Gasteiger partial charge in [0.05, 0.1) is 25.9 Å². The van der Waals surface area contributed by atoms with Gasteiger partial charge in [0, 0.05) is 0 Å². The first-order chi connectivity index (χ1) is 9.02. The van der Waals surface area contributed by atoms with Crippen molar-refractivity contribution in [3.8, 4) is 11.5 Å². The smallest absolute Gasteiger partial charge is 0.161 e. The van der Waals surface area contributed by atoms with Crippen LogP contribution >= 0.6 is 0 Å². The SMILES string of the molecule is COc1ccc(C2(N)CCCC(O)C2O)cc1OC. The molecule has 5 heteroatoms. The van der Waals surface area contributed by atoms with Gasteiger partial charge in [0.15, 0.2) is 11.5 Å². The molecule has 0 spiro atoms. The Bertz CT molecular complexity index is 451. The van der Waals surface area contributed by atoms with E-state index in [4.69, 9.17) is 15.2 Å². The zero-order valence-corrected chi connectivity index (χ0v) is 11.3. The van der Waals surface area contributed by atoms with Crippen molar-refractivity contribution in [1.82, 2.24) is 0 Å². The second kappa shape index (κ2) is 5.36. The monoisotopic (exact) mass is 267 g/mol. The van der Waals surface area contributed by atoms with Crippen molar-refractivity contribution >= 4 is 0 Å². The summed E-state index contributed by atoms with van der Waals surface area (Å²) in [6.45, 7) is 0. The fraction of sp³-hybridized carbons (Fsp3) is 0.571. The Hall–Kier alpha value is -1.30. The van der Waals surface area contributed by atoms with Gasteiger partial charge >= 0.3 is 0 Å². The van der Waals surface area contributed by atoms with Gasteiger partial charge in [-0.1, -0.05) is 6.07 Å². The summed E-state index contributed by atoms with van der Waals surface area (Å²) in [5.41, 5.74) is 6.12. The predicted octanol–water partition coefficient (Wildman–Crippen LogP) is 0.764. The van der Waals surface area contributed by atoms with Gasteiger partial charge in [-0.25, -0.2) is 0 Å². The second-order valence-corrected chi connectivity index (χ2v) is 5.01. The van der Waals surface area contributed by atoms with Crippen LogP contribution in [0, 0.1) is 0 Å². The molecule has 19 heavy (non-hydrogen) atoms. The van der Waals surface area contributed by atoms with Crippen LogP contribution in [-0.4, -0.2) is 36.6 Å². The molecule has 1 aliphatic rings. The van der Waals surface area contributed by atoms with Crippen LogP contribution in [0.3, 0.4) is 0 Å². The van der Waals surface area contributed by atoms with Gasteiger partial charge in [-0.05, 0) is 37.0 Å². The number of benzene rings is 1. The molecule has 1 aromatic rings. The van der Waals surface area contributed by atoms with Crippen molar-refractivity contribution in [2.24, 2.45) is 5.73 Å². The molecule has 1 aromatic carbocycles. The summed E-state index contributed by atoms with van der Waals surface area (Å²) >= 11 is 0. The number of rotatable bonds is 3. The van der Waals surface area contributed by atoms with Crippen LogP contribution in [0.5, 0.6) is 11.5 Å². The standard InChI is InChI=1S/C14H21NO4/c1-18-11-6-5-9(8-12(11)19-2)14(15)7-3-4-10(16)13(14)17/h5-6,8,10,13,16-17H,3-4,7,15H2,1-2H3. The first kappa shape index (κ1) is 14.1. The highest BCUT2D eigenvalue weighted by Gasteiger charge is 2.43. The average Bonchev–Trinajstić information content (AvgIpc) is 2.43. The summed E-state index contributed by atoms with van der Waals surface area (Å²) in [4.78, 5) is 0. The van der Waals surface area contributed by atoms with E-state index in [1.165, 1.54) is 0 Å². The number of nitrogens with two attached hydrogens (primary N) is 1. The molecule has 0 radical (unpaired) electrons. The zero-order chi connectivity index (χ0) is 14.0. The molecule has 0 saturated heterocycles. The van der Waals surface area contributed by atoms with E-state index in [0.717, 1.165) is 12.0 Å². The molecular formula is C14H21NO4. The van der Waals surface area contributed by atoms with Crippen LogP contribution < -0.4 is 15.2 Å². The number of hydrogen-bond donors (Lipinski definition) is 3. The van der Waals surface area contributed by atoms with E-state index in [0.29, 0.717) is 24.3 Å². The van der Waals surface area contributed by atoms with Crippen LogP contribution in [-0.2, 0) is 5.54 Å². The average molecular weight is 267 g/mol. The van der Waals surface area contributed by atoms with Crippen molar-refractivity contribution in [2.45, 2.75) is 37.0 Å². The summed E-state index contributed by atoms with van der Waals surface area (Å²) in [6, 6.07) is 5.33. The minimum Gasteiger partial charge on any atom is -0.493 e. The van der Waals surface area contributed by atoms with E-state index >= 15 is 0 Å². The molecule has 0 heterocycles. The Morgan fingerprint density at radius 3 is 2.53 bits per heavy atom. The highest BCUT2D eigenvalue weighted by atomic mass is 16.5. The Morgan fingerprint density at radius 2 is 1.89 bits per heavy atom. The molecule has 1 saturated carbocycles. The lowest BCUT2D eigenvalue weighted by molar-refractivity contribution is -0.0596. The summed E-state index contributed by atoms with van der Waals surface area (Å²) < 4.78 is 10.4. The van der Waals surface area contributed by atoms with E-state index in [9.17, 15) is 10.2 Å². The van der Waals surface area contributed by atoms with Gasteiger partial charge in [0.25, 0.3) is 0 Å². The maximum atomic E-state index is 10.2. The van der Waals surface area contributed by atoms with E-state index in [1.54, 1.807) is 26.4 Å². The summed E-state index contributed by atoms with van der Waals surface area (Å²) in [6.07, 6.45) is 0.225. The molecular weight excluding hydrogens is 246 g/mol. The van der Waals surface area contributed by atoms with Crippen molar-refractivity contribution in [3.05, 3.63) is 23.8 Å². The summed E-state index contributed by atoms with van der Waals surface area (Å²) in [5.74, 6) is 1.18.